The second-order valence-corrected chi connectivity index (χ2v) is 7.89. The van der Waals surface area contributed by atoms with E-state index in [1.54, 1.807) is 12.4 Å². The zero-order chi connectivity index (χ0) is 16.2. The molecule has 0 unspecified atom stereocenters. The van der Waals surface area contributed by atoms with Crippen LogP contribution in [-0.2, 0) is 21.2 Å². The van der Waals surface area contributed by atoms with Crippen molar-refractivity contribution in [2.75, 3.05) is 19.3 Å². The number of nitrogens with one attached hydrogen (secondary N) is 2. The van der Waals surface area contributed by atoms with Crippen LogP contribution in [0.5, 0.6) is 0 Å². The first kappa shape index (κ1) is 17.0. The summed E-state index contributed by atoms with van der Waals surface area (Å²) in [7, 11) is -3.20. The van der Waals surface area contributed by atoms with E-state index in [9.17, 15) is 13.2 Å². The number of amides is 1. The number of carbonyl (C=O) groups excluding carboxylic acids is 1. The van der Waals surface area contributed by atoms with E-state index in [-0.39, 0.29) is 17.9 Å². The molecular weight excluding hydrogens is 304 g/mol. The van der Waals surface area contributed by atoms with Crippen LogP contribution >= 0.6 is 0 Å². The van der Waals surface area contributed by atoms with E-state index in [4.69, 9.17) is 0 Å². The third kappa shape index (κ3) is 4.54. The third-order valence-corrected chi connectivity index (χ3v) is 5.31. The molecule has 2 N–H and O–H groups in total. The van der Waals surface area contributed by atoms with Gasteiger partial charge in [-0.05, 0) is 24.3 Å². The highest BCUT2D eigenvalue weighted by molar-refractivity contribution is 7.88. The maximum Gasteiger partial charge on any atom is 0.220 e. The smallest absolute Gasteiger partial charge is 0.220 e. The number of rotatable bonds is 7. The summed E-state index contributed by atoms with van der Waals surface area (Å²) in [5, 5.41) is 9.57. The molecule has 0 radical (unpaired) electrons. The second-order valence-electron chi connectivity index (χ2n) is 5.91. The van der Waals surface area contributed by atoms with Crippen LogP contribution in [0, 0.1) is 5.92 Å². The molecule has 1 aromatic heterocycles. The first-order chi connectivity index (χ1) is 10.4. The molecule has 7 nitrogen and oxygen atoms in total. The summed E-state index contributed by atoms with van der Waals surface area (Å²) in [5.74, 6) is 0.153. The van der Waals surface area contributed by atoms with Gasteiger partial charge in [-0.1, -0.05) is 13.3 Å². The highest BCUT2D eigenvalue weighted by Gasteiger charge is 2.37. The fourth-order valence-corrected chi connectivity index (χ4v) is 3.77. The van der Waals surface area contributed by atoms with E-state index in [1.165, 1.54) is 10.6 Å². The quantitative estimate of drug-likeness (QED) is 0.763. The molecule has 8 heteroatoms. The average molecular weight is 328 g/mol. The molecule has 1 aromatic rings. The first-order valence-electron chi connectivity index (χ1n) is 7.62. The molecule has 2 heterocycles. The molecule has 1 aliphatic heterocycles. The van der Waals surface area contributed by atoms with Gasteiger partial charge in [0.1, 0.15) is 0 Å². The zero-order valence-electron chi connectivity index (χ0n) is 13.1. The minimum atomic E-state index is -3.20. The number of aromatic nitrogens is 2. The topological polar surface area (TPSA) is 95.2 Å². The van der Waals surface area contributed by atoms with E-state index in [2.05, 4.69) is 22.4 Å². The first-order valence-corrected chi connectivity index (χ1v) is 9.47. The second kappa shape index (κ2) is 7.23. The molecule has 0 bridgehead atoms. The monoisotopic (exact) mass is 328 g/mol. The van der Waals surface area contributed by atoms with Crippen LogP contribution in [0.15, 0.2) is 12.4 Å². The lowest BCUT2D eigenvalue weighted by molar-refractivity contribution is -0.121. The minimum absolute atomic E-state index is 0.0392. The molecule has 1 aliphatic rings. The van der Waals surface area contributed by atoms with Gasteiger partial charge in [0.25, 0.3) is 0 Å². The van der Waals surface area contributed by atoms with Crippen LogP contribution in [0.2, 0.25) is 0 Å². The summed E-state index contributed by atoms with van der Waals surface area (Å²) < 4.78 is 24.9. The van der Waals surface area contributed by atoms with Crippen molar-refractivity contribution >= 4 is 15.9 Å². The van der Waals surface area contributed by atoms with Crippen LogP contribution in [0.25, 0.3) is 0 Å². The lowest BCUT2D eigenvalue weighted by atomic mass is 9.98. The minimum Gasteiger partial charge on any atom is -0.352 e. The van der Waals surface area contributed by atoms with Crippen molar-refractivity contribution in [1.29, 1.82) is 0 Å². The van der Waals surface area contributed by atoms with Crippen molar-refractivity contribution in [2.45, 2.75) is 38.6 Å². The SMILES string of the molecule is CCC[C@H]1CN(S(C)(=O)=O)C[C@@H]1NC(=O)CCc1cn[nH]c1. The van der Waals surface area contributed by atoms with Gasteiger partial charge in [0.2, 0.25) is 15.9 Å². The third-order valence-electron chi connectivity index (χ3n) is 4.08. The van der Waals surface area contributed by atoms with Crippen molar-refractivity contribution < 1.29 is 13.2 Å². The van der Waals surface area contributed by atoms with Gasteiger partial charge in [-0.25, -0.2) is 8.42 Å². The van der Waals surface area contributed by atoms with Gasteiger partial charge in [-0.3, -0.25) is 9.89 Å². The van der Waals surface area contributed by atoms with E-state index in [0.29, 0.717) is 25.9 Å². The van der Waals surface area contributed by atoms with E-state index >= 15 is 0 Å². The Morgan fingerprint density at radius 3 is 2.86 bits per heavy atom. The summed E-state index contributed by atoms with van der Waals surface area (Å²) in [6, 6.07) is -0.0912. The normalized spacial score (nSPS) is 22.8. The largest absolute Gasteiger partial charge is 0.352 e. The van der Waals surface area contributed by atoms with Crippen molar-refractivity contribution in [3.8, 4) is 0 Å². The summed E-state index contributed by atoms with van der Waals surface area (Å²) in [6.45, 7) is 2.95. The van der Waals surface area contributed by atoms with Crippen LogP contribution in [0.3, 0.4) is 0 Å². The van der Waals surface area contributed by atoms with Crippen LogP contribution in [-0.4, -0.2) is 54.2 Å². The highest BCUT2D eigenvalue weighted by Crippen LogP contribution is 2.23. The maximum atomic E-state index is 12.1. The molecule has 1 amide bonds. The van der Waals surface area contributed by atoms with Gasteiger partial charge >= 0.3 is 0 Å². The molecule has 1 saturated heterocycles. The average Bonchev–Trinajstić information content (AvgIpc) is 3.06. The van der Waals surface area contributed by atoms with Crippen molar-refractivity contribution in [3.63, 3.8) is 0 Å². The van der Waals surface area contributed by atoms with E-state index < -0.39 is 10.0 Å². The number of sulfonamides is 1. The summed E-state index contributed by atoms with van der Waals surface area (Å²) >= 11 is 0. The summed E-state index contributed by atoms with van der Waals surface area (Å²) in [6.07, 6.45) is 7.60. The van der Waals surface area contributed by atoms with Crippen LogP contribution in [0.1, 0.15) is 31.7 Å². The van der Waals surface area contributed by atoms with Crippen molar-refractivity contribution in [1.82, 2.24) is 19.8 Å². The van der Waals surface area contributed by atoms with Crippen LogP contribution in [0.4, 0.5) is 0 Å². The Morgan fingerprint density at radius 1 is 1.50 bits per heavy atom. The van der Waals surface area contributed by atoms with Gasteiger partial charge in [0.15, 0.2) is 0 Å². The number of aryl methyl sites for hydroxylation is 1. The lowest BCUT2D eigenvalue weighted by Gasteiger charge is -2.19. The Kier molecular flexibility index (Phi) is 5.57. The molecule has 2 rings (SSSR count). The number of aromatic amines is 1. The maximum absolute atomic E-state index is 12.1. The fourth-order valence-electron chi connectivity index (χ4n) is 2.88. The Morgan fingerprint density at radius 2 is 2.27 bits per heavy atom. The Bertz CT molecular complexity index is 585. The molecular formula is C14H24N4O3S. The highest BCUT2D eigenvalue weighted by atomic mass is 32.2. The number of nitrogens with zero attached hydrogens (tertiary/aromatic N) is 2. The number of hydrogen-bond donors (Lipinski definition) is 2. The Labute approximate surface area is 131 Å². The van der Waals surface area contributed by atoms with Crippen molar-refractivity contribution in [3.05, 3.63) is 18.0 Å². The standard InChI is InChI=1S/C14H24N4O3S/c1-3-4-12-9-18(22(2,20)21)10-13(12)17-14(19)6-5-11-7-15-16-8-11/h7-8,12-13H,3-6,9-10H2,1-2H3,(H,15,16)(H,17,19)/t12-,13-/m0/s1. The lowest BCUT2D eigenvalue weighted by Crippen LogP contribution is -2.41. The zero-order valence-corrected chi connectivity index (χ0v) is 13.9. The molecule has 2 atom stereocenters. The molecule has 22 heavy (non-hydrogen) atoms. The van der Waals surface area contributed by atoms with Gasteiger partial charge in [0.05, 0.1) is 12.5 Å². The fraction of sp³-hybridized carbons (Fsp3) is 0.714. The number of H-pyrrole nitrogens is 1. The molecule has 124 valence electrons. The number of carbonyl (C=O) groups is 1. The number of hydrogen-bond acceptors (Lipinski definition) is 4. The van der Waals surface area contributed by atoms with Crippen molar-refractivity contribution in [2.24, 2.45) is 5.92 Å². The molecule has 1 fully saturated rings. The predicted octanol–water partition coefficient (Wildman–Crippen LogP) is 0.519. The molecule has 0 aliphatic carbocycles. The molecule has 0 aromatic carbocycles. The van der Waals surface area contributed by atoms with Gasteiger partial charge < -0.3 is 5.32 Å². The molecule has 0 spiro atoms. The summed E-state index contributed by atoms with van der Waals surface area (Å²) in [5.41, 5.74) is 0.990. The molecule has 0 saturated carbocycles. The van der Waals surface area contributed by atoms with Gasteiger partial charge in [0, 0.05) is 31.7 Å². The Balaban J connectivity index is 1.89. The van der Waals surface area contributed by atoms with Gasteiger partial charge in [-0.15, -0.1) is 0 Å². The van der Waals surface area contributed by atoms with Gasteiger partial charge in [-0.2, -0.15) is 9.40 Å². The van der Waals surface area contributed by atoms with Crippen LogP contribution < -0.4 is 5.32 Å². The van der Waals surface area contributed by atoms with E-state index in [0.717, 1.165) is 18.4 Å². The Hall–Kier alpha value is -1.41. The summed E-state index contributed by atoms with van der Waals surface area (Å²) in [4.78, 5) is 12.1. The predicted molar refractivity (Wildman–Crippen MR) is 83.7 cm³/mol. The van der Waals surface area contributed by atoms with E-state index in [1.807, 2.05) is 0 Å².